The van der Waals surface area contributed by atoms with Crippen LogP contribution in [0, 0.1) is 27.4 Å². The van der Waals surface area contributed by atoms with Crippen LogP contribution >= 0.6 is 11.6 Å². The minimum Gasteiger partial charge on any atom is -0.465 e. The number of hydrogen-bond acceptors (Lipinski definition) is 5. The fraction of sp³-hybridized carbons (Fsp3) is 0.385. The Morgan fingerprint density at radius 3 is 2.85 bits per heavy atom. The molecule has 0 saturated carbocycles. The van der Waals surface area contributed by atoms with E-state index in [0.717, 1.165) is 0 Å². The van der Waals surface area contributed by atoms with Gasteiger partial charge < -0.3 is 4.74 Å². The highest BCUT2D eigenvalue weighted by Gasteiger charge is 2.20. The number of nitro groups is 1. The highest BCUT2D eigenvalue weighted by atomic mass is 35.5. The molecule has 0 aliphatic carbocycles. The molecular formula is C13H13ClN2O4. The summed E-state index contributed by atoms with van der Waals surface area (Å²) in [6.45, 7) is 1.86. The van der Waals surface area contributed by atoms with Crippen LogP contribution in [0.1, 0.15) is 18.9 Å². The standard InChI is InChI=1S/C13H13ClN2O4/c1-2-20-13(17)10(8-15)4-3-9-7-11(16(18)19)5-6-12(9)14/h5-7,10H,2-4H2,1H3. The number of rotatable bonds is 6. The van der Waals surface area contributed by atoms with E-state index >= 15 is 0 Å². The van der Waals surface area contributed by atoms with Crippen molar-refractivity contribution in [3.63, 3.8) is 0 Å². The van der Waals surface area contributed by atoms with E-state index in [1.165, 1.54) is 18.2 Å². The average molecular weight is 297 g/mol. The van der Waals surface area contributed by atoms with E-state index in [9.17, 15) is 14.9 Å². The van der Waals surface area contributed by atoms with Crippen LogP contribution in [0.5, 0.6) is 0 Å². The van der Waals surface area contributed by atoms with Crippen LogP contribution in [0.3, 0.4) is 0 Å². The smallest absolute Gasteiger partial charge is 0.323 e. The number of aryl methyl sites for hydroxylation is 1. The van der Waals surface area contributed by atoms with Crippen LogP contribution in [0.15, 0.2) is 18.2 Å². The number of halogens is 1. The molecule has 20 heavy (non-hydrogen) atoms. The Labute approximate surface area is 121 Å². The number of nitrogens with zero attached hydrogens (tertiary/aromatic N) is 2. The minimum absolute atomic E-state index is 0.0750. The topological polar surface area (TPSA) is 93.2 Å². The summed E-state index contributed by atoms with van der Waals surface area (Å²) in [6, 6.07) is 5.95. The van der Waals surface area contributed by atoms with Crippen LogP contribution < -0.4 is 0 Å². The third-order valence-corrected chi connectivity index (χ3v) is 3.04. The summed E-state index contributed by atoms with van der Waals surface area (Å²) in [5, 5.41) is 20.0. The maximum absolute atomic E-state index is 11.5. The van der Waals surface area contributed by atoms with Crippen LogP contribution in [0.25, 0.3) is 0 Å². The monoisotopic (exact) mass is 296 g/mol. The molecule has 0 aromatic heterocycles. The van der Waals surface area contributed by atoms with Gasteiger partial charge >= 0.3 is 5.97 Å². The van der Waals surface area contributed by atoms with Crippen molar-refractivity contribution < 1.29 is 14.5 Å². The fourth-order valence-corrected chi connectivity index (χ4v) is 1.86. The van der Waals surface area contributed by atoms with Gasteiger partial charge in [-0.05, 0) is 31.4 Å². The molecular weight excluding hydrogens is 284 g/mol. The molecule has 1 unspecified atom stereocenters. The molecule has 0 spiro atoms. The van der Waals surface area contributed by atoms with Gasteiger partial charge in [0.1, 0.15) is 5.92 Å². The van der Waals surface area contributed by atoms with Gasteiger partial charge in [0.25, 0.3) is 5.69 Å². The lowest BCUT2D eigenvalue weighted by molar-refractivity contribution is -0.384. The number of non-ortho nitro benzene ring substituents is 1. The van der Waals surface area contributed by atoms with Crippen molar-refractivity contribution in [2.45, 2.75) is 19.8 Å². The van der Waals surface area contributed by atoms with Gasteiger partial charge in [-0.15, -0.1) is 0 Å². The van der Waals surface area contributed by atoms with Crippen molar-refractivity contribution in [1.29, 1.82) is 5.26 Å². The van der Waals surface area contributed by atoms with Crippen LogP contribution in [0.4, 0.5) is 5.69 Å². The number of ether oxygens (including phenoxy) is 1. The highest BCUT2D eigenvalue weighted by Crippen LogP contribution is 2.24. The number of nitriles is 1. The summed E-state index contributed by atoms with van der Waals surface area (Å²) in [5.74, 6) is -1.48. The van der Waals surface area contributed by atoms with Crippen LogP contribution in [-0.4, -0.2) is 17.5 Å². The zero-order chi connectivity index (χ0) is 15.1. The van der Waals surface area contributed by atoms with Crippen molar-refractivity contribution in [2.75, 3.05) is 6.61 Å². The fourth-order valence-electron chi connectivity index (χ4n) is 1.64. The van der Waals surface area contributed by atoms with Gasteiger partial charge in [-0.25, -0.2) is 0 Å². The molecule has 0 amide bonds. The third kappa shape index (κ3) is 4.21. The summed E-state index contributed by atoms with van der Waals surface area (Å²) >= 11 is 5.95. The summed E-state index contributed by atoms with van der Waals surface area (Å²) in [7, 11) is 0. The number of esters is 1. The maximum Gasteiger partial charge on any atom is 0.323 e. The van der Waals surface area contributed by atoms with E-state index < -0.39 is 16.8 Å². The summed E-state index contributed by atoms with van der Waals surface area (Å²) in [4.78, 5) is 21.6. The predicted molar refractivity (Wildman–Crippen MR) is 72.2 cm³/mol. The van der Waals surface area contributed by atoms with Gasteiger partial charge in [0.15, 0.2) is 0 Å². The Morgan fingerprint density at radius 1 is 1.60 bits per heavy atom. The molecule has 0 bridgehead atoms. The van der Waals surface area contributed by atoms with E-state index in [1.807, 2.05) is 6.07 Å². The first kappa shape index (κ1) is 15.9. The molecule has 1 aromatic rings. The Kier molecular flexibility index (Phi) is 5.94. The molecule has 106 valence electrons. The van der Waals surface area contributed by atoms with Gasteiger partial charge in [0, 0.05) is 17.2 Å². The average Bonchev–Trinajstić information content (AvgIpc) is 2.41. The number of hydrogen-bond donors (Lipinski definition) is 0. The second-order valence-corrected chi connectivity index (χ2v) is 4.41. The zero-order valence-electron chi connectivity index (χ0n) is 10.8. The first-order chi connectivity index (χ1) is 9.49. The molecule has 6 nitrogen and oxygen atoms in total. The number of carbonyl (C=O) groups is 1. The Hall–Kier alpha value is -2.13. The SMILES string of the molecule is CCOC(=O)C(C#N)CCc1cc([N+](=O)[O-])ccc1Cl. The highest BCUT2D eigenvalue weighted by molar-refractivity contribution is 6.31. The normalized spacial score (nSPS) is 11.4. The van der Waals surface area contributed by atoms with E-state index in [4.69, 9.17) is 21.6 Å². The lowest BCUT2D eigenvalue weighted by Crippen LogP contribution is -2.17. The number of carbonyl (C=O) groups excluding carboxylic acids is 1. The second kappa shape index (κ2) is 7.46. The van der Waals surface area contributed by atoms with Crippen molar-refractivity contribution in [1.82, 2.24) is 0 Å². The van der Waals surface area contributed by atoms with E-state index in [0.29, 0.717) is 10.6 Å². The van der Waals surface area contributed by atoms with Crippen molar-refractivity contribution in [3.8, 4) is 6.07 Å². The molecule has 0 fully saturated rings. The predicted octanol–water partition coefficient (Wildman–Crippen LogP) is 2.88. The Bertz CT molecular complexity index is 554. The lowest BCUT2D eigenvalue weighted by Gasteiger charge is -2.09. The molecule has 0 radical (unpaired) electrons. The van der Waals surface area contributed by atoms with Gasteiger partial charge in [-0.1, -0.05) is 11.6 Å². The number of benzene rings is 1. The van der Waals surface area contributed by atoms with Crippen molar-refractivity contribution >= 4 is 23.3 Å². The Morgan fingerprint density at radius 2 is 2.30 bits per heavy atom. The van der Waals surface area contributed by atoms with E-state index in [2.05, 4.69) is 0 Å². The Balaban J connectivity index is 2.78. The molecule has 1 atom stereocenters. The largest absolute Gasteiger partial charge is 0.465 e. The lowest BCUT2D eigenvalue weighted by atomic mass is 10.0. The summed E-state index contributed by atoms with van der Waals surface area (Å²) in [6.07, 6.45) is 0.494. The molecule has 0 heterocycles. The van der Waals surface area contributed by atoms with Gasteiger partial charge in [0.2, 0.25) is 0 Å². The van der Waals surface area contributed by atoms with Crippen LogP contribution in [0.2, 0.25) is 5.02 Å². The van der Waals surface area contributed by atoms with E-state index in [-0.39, 0.29) is 25.1 Å². The van der Waals surface area contributed by atoms with Crippen molar-refractivity contribution in [3.05, 3.63) is 38.9 Å². The van der Waals surface area contributed by atoms with Crippen LogP contribution in [-0.2, 0) is 16.0 Å². The number of nitro benzene ring substituents is 1. The second-order valence-electron chi connectivity index (χ2n) is 4.01. The molecule has 1 aromatic carbocycles. The van der Waals surface area contributed by atoms with Gasteiger partial charge in [-0.2, -0.15) is 5.26 Å². The first-order valence-corrected chi connectivity index (χ1v) is 6.36. The molecule has 0 N–H and O–H groups in total. The quantitative estimate of drug-likeness (QED) is 0.457. The van der Waals surface area contributed by atoms with E-state index in [1.54, 1.807) is 6.92 Å². The van der Waals surface area contributed by atoms with Gasteiger partial charge in [-0.3, -0.25) is 14.9 Å². The maximum atomic E-state index is 11.5. The first-order valence-electron chi connectivity index (χ1n) is 5.98. The van der Waals surface area contributed by atoms with Crippen molar-refractivity contribution in [2.24, 2.45) is 5.92 Å². The molecule has 0 saturated heterocycles. The molecule has 0 aliphatic heterocycles. The summed E-state index contributed by atoms with van der Waals surface area (Å²) in [5.41, 5.74) is 0.458. The summed E-state index contributed by atoms with van der Waals surface area (Å²) < 4.78 is 4.77. The minimum atomic E-state index is -0.898. The molecule has 1 rings (SSSR count). The van der Waals surface area contributed by atoms with Gasteiger partial charge in [0.05, 0.1) is 17.6 Å². The molecule has 7 heteroatoms. The zero-order valence-corrected chi connectivity index (χ0v) is 11.6. The molecule has 0 aliphatic rings. The third-order valence-electron chi connectivity index (χ3n) is 2.67.